The summed E-state index contributed by atoms with van der Waals surface area (Å²) in [6.45, 7) is 4.09. The van der Waals surface area contributed by atoms with E-state index in [0.29, 0.717) is 12.8 Å². The van der Waals surface area contributed by atoms with Gasteiger partial charge in [-0.05, 0) is 25.0 Å². The van der Waals surface area contributed by atoms with Gasteiger partial charge in [-0.2, -0.15) is 0 Å². The molecule has 0 fully saturated rings. The van der Waals surface area contributed by atoms with E-state index in [1.807, 2.05) is 13.8 Å². The molecule has 3 N–H and O–H groups in total. The summed E-state index contributed by atoms with van der Waals surface area (Å²) in [7, 11) is 0. The molecular formula is C13H19FN2O. The minimum atomic E-state index is -0.609. The molecule has 0 spiro atoms. The Hall–Kier alpha value is -1.42. The molecule has 17 heavy (non-hydrogen) atoms. The van der Waals surface area contributed by atoms with Crippen LogP contribution in [0.2, 0.25) is 0 Å². The van der Waals surface area contributed by atoms with Gasteiger partial charge in [-0.1, -0.05) is 26.0 Å². The fraction of sp³-hybridized carbons (Fsp3) is 0.462. The third kappa shape index (κ3) is 2.82. The second-order valence-corrected chi connectivity index (χ2v) is 4.13. The van der Waals surface area contributed by atoms with E-state index in [-0.39, 0.29) is 18.1 Å². The molecule has 1 aromatic rings. The predicted molar refractivity (Wildman–Crippen MR) is 67.1 cm³/mol. The van der Waals surface area contributed by atoms with Gasteiger partial charge in [0.2, 0.25) is 5.91 Å². The highest BCUT2D eigenvalue weighted by molar-refractivity contribution is 5.95. The highest BCUT2D eigenvalue weighted by Crippen LogP contribution is 2.27. The molecule has 0 aliphatic heterocycles. The van der Waals surface area contributed by atoms with Crippen LogP contribution in [0.3, 0.4) is 0 Å². The summed E-state index contributed by atoms with van der Waals surface area (Å²) in [6, 6.07) is 6.12. The molecule has 1 rings (SSSR count). The third-order valence-corrected chi connectivity index (χ3v) is 3.35. The van der Waals surface area contributed by atoms with Gasteiger partial charge in [0.15, 0.2) is 0 Å². The fourth-order valence-electron chi connectivity index (χ4n) is 1.77. The Morgan fingerprint density at radius 2 is 1.94 bits per heavy atom. The molecule has 1 aromatic carbocycles. The number of hydrogen-bond donors (Lipinski definition) is 2. The van der Waals surface area contributed by atoms with E-state index in [1.54, 1.807) is 18.2 Å². The Morgan fingerprint density at radius 3 is 2.41 bits per heavy atom. The Bertz CT molecular complexity index is 380. The number of para-hydroxylation sites is 1. The van der Waals surface area contributed by atoms with Crippen LogP contribution in [0, 0.1) is 11.2 Å². The van der Waals surface area contributed by atoms with Crippen LogP contribution in [-0.2, 0) is 4.79 Å². The lowest BCUT2D eigenvalue weighted by molar-refractivity contribution is -0.125. The summed E-state index contributed by atoms with van der Waals surface area (Å²) in [5.74, 6) is -0.644. The number of carbonyl (C=O) groups is 1. The molecule has 0 heterocycles. The molecule has 0 saturated carbocycles. The van der Waals surface area contributed by atoms with Crippen LogP contribution in [0.1, 0.15) is 26.7 Å². The zero-order chi connectivity index (χ0) is 12.9. The molecule has 0 bridgehead atoms. The first-order chi connectivity index (χ1) is 8.09. The van der Waals surface area contributed by atoms with E-state index in [0.717, 1.165) is 0 Å². The first-order valence-electron chi connectivity index (χ1n) is 5.85. The Morgan fingerprint density at radius 1 is 1.35 bits per heavy atom. The number of carbonyl (C=O) groups excluding carboxylic acids is 1. The van der Waals surface area contributed by atoms with E-state index in [1.165, 1.54) is 6.07 Å². The lowest BCUT2D eigenvalue weighted by Gasteiger charge is -2.28. The summed E-state index contributed by atoms with van der Waals surface area (Å²) in [6.07, 6.45) is 1.28. The van der Waals surface area contributed by atoms with E-state index in [2.05, 4.69) is 5.32 Å². The van der Waals surface area contributed by atoms with Crippen molar-refractivity contribution in [3.8, 4) is 0 Å². The number of anilines is 1. The van der Waals surface area contributed by atoms with Crippen molar-refractivity contribution in [1.29, 1.82) is 0 Å². The first-order valence-corrected chi connectivity index (χ1v) is 5.85. The standard InChI is InChI=1S/C13H19FN2O/c1-3-13(4-2,9-15)12(17)16-11-8-6-5-7-10(11)14/h5-8H,3-4,9,15H2,1-2H3,(H,16,17). The van der Waals surface area contributed by atoms with Gasteiger partial charge < -0.3 is 11.1 Å². The van der Waals surface area contributed by atoms with E-state index in [4.69, 9.17) is 5.73 Å². The summed E-state index contributed by atoms with van der Waals surface area (Å²) < 4.78 is 13.4. The van der Waals surface area contributed by atoms with Gasteiger partial charge in [0.1, 0.15) is 5.82 Å². The smallest absolute Gasteiger partial charge is 0.231 e. The number of halogens is 1. The van der Waals surface area contributed by atoms with Crippen LogP contribution < -0.4 is 11.1 Å². The normalized spacial score (nSPS) is 11.3. The molecule has 0 saturated heterocycles. The molecule has 1 amide bonds. The van der Waals surface area contributed by atoms with Crippen LogP contribution in [0.5, 0.6) is 0 Å². The van der Waals surface area contributed by atoms with Gasteiger partial charge in [0.25, 0.3) is 0 Å². The number of hydrogen-bond acceptors (Lipinski definition) is 2. The van der Waals surface area contributed by atoms with Crippen LogP contribution in [0.15, 0.2) is 24.3 Å². The van der Waals surface area contributed by atoms with Gasteiger partial charge >= 0.3 is 0 Å². The van der Waals surface area contributed by atoms with Crippen LogP contribution in [-0.4, -0.2) is 12.5 Å². The molecule has 0 aromatic heterocycles. The SMILES string of the molecule is CCC(CC)(CN)C(=O)Nc1ccccc1F. The number of benzene rings is 1. The largest absolute Gasteiger partial charge is 0.329 e. The molecule has 4 heteroatoms. The topological polar surface area (TPSA) is 55.1 Å². The summed E-state index contributed by atoms with van der Waals surface area (Å²) in [5, 5.41) is 2.61. The first kappa shape index (κ1) is 13.6. The molecule has 0 radical (unpaired) electrons. The average Bonchev–Trinajstić information content (AvgIpc) is 2.35. The van der Waals surface area contributed by atoms with Crippen molar-refractivity contribution in [2.45, 2.75) is 26.7 Å². The van der Waals surface area contributed by atoms with E-state index in [9.17, 15) is 9.18 Å². The number of nitrogens with one attached hydrogen (secondary N) is 1. The van der Waals surface area contributed by atoms with E-state index < -0.39 is 11.2 Å². The number of rotatable bonds is 5. The van der Waals surface area contributed by atoms with Gasteiger partial charge in [-0.25, -0.2) is 4.39 Å². The predicted octanol–water partition coefficient (Wildman–Crippen LogP) is 2.53. The molecule has 0 aliphatic carbocycles. The van der Waals surface area contributed by atoms with Crippen LogP contribution in [0.25, 0.3) is 0 Å². The lowest BCUT2D eigenvalue weighted by Crippen LogP contribution is -2.41. The second kappa shape index (κ2) is 5.77. The summed E-state index contributed by atoms with van der Waals surface area (Å²) in [4.78, 5) is 12.1. The molecular weight excluding hydrogens is 219 g/mol. The maximum Gasteiger partial charge on any atom is 0.231 e. The zero-order valence-corrected chi connectivity index (χ0v) is 10.3. The second-order valence-electron chi connectivity index (χ2n) is 4.13. The third-order valence-electron chi connectivity index (χ3n) is 3.35. The molecule has 3 nitrogen and oxygen atoms in total. The van der Waals surface area contributed by atoms with Crippen molar-refractivity contribution < 1.29 is 9.18 Å². The van der Waals surface area contributed by atoms with Gasteiger partial charge in [-0.3, -0.25) is 4.79 Å². The van der Waals surface area contributed by atoms with Crippen molar-refractivity contribution in [3.05, 3.63) is 30.1 Å². The van der Waals surface area contributed by atoms with Crippen molar-refractivity contribution in [2.24, 2.45) is 11.1 Å². The number of amides is 1. The van der Waals surface area contributed by atoms with Crippen molar-refractivity contribution in [2.75, 3.05) is 11.9 Å². The Kier molecular flexibility index (Phi) is 4.63. The quantitative estimate of drug-likeness (QED) is 0.828. The lowest BCUT2D eigenvalue weighted by atomic mass is 9.81. The highest BCUT2D eigenvalue weighted by atomic mass is 19.1. The van der Waals surface area contributed by atoms with Gasteiger partial charge in [0, 0.05) is 6.54 Å². The molecule has 0 atom stereocenters. The Balaban J connectivity index is 2.88. The number of nitrogens with two attached hydrogens (primary N) is 1. The maximum atomic E-state index is 13.4. The van der Waals surface area contributed by atoms with Crippen molar-refractivity contribution in [3.63, 3.8) is 0 Å². The molecule has 0 aliphatic rings. The summed E-state index contributed by atoms with van der Waals surface area (Å²) in [5.41, 5.74) is 5.26. The van der Waals surface area contributed by atoms with Crippen molar-refractivity contribution >= 4 is 11.6 Å². The highest BCUT2D eigenvalue weighted by Gasteiger charge is 2.33. The minimum absolute atomic E-state index is 0.206. The monoisotopic (exact) mass is 238 g/mol. The molecule has 0 unspecified atom stereocenters. The maximum absolute atomic E-state index is 13.4. The zero-order valence-electron chi connectivity index (χ0n) is 10.3. The summed E-state index contributed by atoms with van der Waals surface area (Å²) >= 11 is 0. The van der Waals surface area contributed by atoms with Crippen molar-refractivity contribution in [1.82, 2.24) is 0 Å². The van der Waals surface area contributed by atoms with Gasteiger partial charge in [-0.15, -0.1) is 0 Å². The Labute approximate surface area is 101 Å². The van der Waals surface area contributed by atoms with Crippen LogP contribution in [0.4, 0.5) is 10.1 Å². The fourth-order valence-corrected chi connectivity index (χ4v) is 1.77. The van der Waals surface area contributed by atoms with Crippen LogP contribution >= 0.6 is 0 Å². The average molecular weight is 238 g/mol. The van der Waals surface area contributed by atoms with E-state index >= 15 is 0 Å². The molecule has 94 valence electrons. The van der Waals surface area contributed by atoms with Gasteiger partial charge in [0.05, 0.1) is 11.1 Å². The minimum Gasteiger partial charge on any atom is -0.329 e.